The molecule has 3 aromatic heterocycles. The summed E-state index contributed by atoms with van der Waals surface area (Å²) in [6.07, 6.45) is 7.79. The van der Waals surface area contributed by atoms with Crippen LogP contribution < -0.4 is 11.1 Å². The van der Waals surface area contributed by atoms with Crippen molar-refractivity contribution in [2.75, 3.05) is 18.8 Å². The zero-order valence-corrected chi connectivity index (χ0v) is 16.5. The van der Waals surface area contributed by atoms with Gasteiger partial charge in [-0.05, 0) is 31.0 Å². The molecule has 8 heteroatoms. The maximum Gasteiger partial charge on any atom is 0.165 e. The van der Waals surface area contributed by atoms with Crippen molar-refractivity contribution in [2.24, 2.45) is 0 Å². The van der Waals surface area contributed by atoms with E-state index in [9.17, 15) is 5.26 Å². The first-order chi connectivity index (χ1) is 14.7. The molecule has 1 aliphatic rings. The minimum Gasteiger partial charge on any atom is -0.384 e. The SMILES string of the molecule is N#Cc1ccccc1Cn1cc(-c2cnn3c(N)cc(C4CCCNC4)nc23)cn1. The van der Waals surface area contributed by atoms with Gasteiger partial charge in [-0.2, -0.15) is 20.0 Å². The average Bonchev–Trinajstić information content (AvgIpc) is 3.42. The number of nitrogens with two attached hydrogens (primary N) is 1. The molecule has 1 fully saturated rings. The highest BCUT2D eigenvalue weighted by atomic mass is 15.3. The zero-order valence-electron chi connectivity index (χ0n) is 16.5. The molecule has 5 rings (SSSR count). The standard InChI is InChI=1S/C22H22N8/c23-9-15-4-1-2-5-17(15)13-29-14-18(11-26-29)19-12-27-30-21(24)8-20(28-22(19)30)16-6-3-7-25-10-16/h1-2,4-5,8,11-12,14,16,25H,3,6-7,10,13,24H2. The normalized spacial score (nSPS) is 16.6. The van der Waals surface area contributed by atoms with Gasteiger partial charge in [0, 0.05) is 35.9 Å². The van der Waals surface area contributed by atoms with Gasteiger partial charge in [-0.15, -0.1) is 0 Å². The molecule has 3 N–H and O–H groups in total. The number of fused-ring (bicyclic) bond motifs is 1. The number of nitriles is 1. The van der Waals surface area contributed by atoms with Gasteiger partial charge in [-0.1, -0.05) is 18.2 Å². The number of piperidine rings is 1. The van der Waals surface area contributed by atoms with E-state index in [1.807, 2.05) is 41.2 Å². The number of rotatable bonds is 4. The number of nitrogen functional groups attached to an aromatic ring is 1. The lowest BCUT2D eigenvalue weighted by Crippen LogP contribution is -2.29. The van der Waals surface area contributed by atoms with E-state index in [1.54, 1.807) is 16.9 Å². The highest BCUT2D eigenvalue weighted by Crippen LogP contribution is 2.28. The molecule has 1 aliphatic heterocycles. The lowest BCUT2D eigenvalue weighted by Gasteiger charge is -2.22. The summed E-state index contributed by atoms with van der Waals surface area (Å²) in [7, 11) is 0. The molecule has 4 aromatic rings. The van der Waals surface area contributed by atoms with Crippen LogP contribution in [0.5, 0.6) is 0 Å². The van der Waals surface area contributed by atoms with Crippen LogP contribution in [0.1, 0.15) is 35.6 Å². The molecule has 0 aliphatic carbocycles. The first-order valence-corrected chi connectivity index (χ1v) is 10.1. The fourth-order valence-electron chi connectivity index (χ4n) is 4.05. The van der Waals surface area contributed by atoms with Gasteiger partial charge in [0.15, 0.2) is 5.65 Å². The zero-order chi connectivity index (χ0) is 20.5. The molecular weight excluding hydrogens is 376 g/mol. The van der Waals surface area contributed by atoms with Crippen LogP contribution in [0, 0.1) is 11.3 Å². The van der Waals surface area contributed by atoms with Crippen LogP contribution in [0.2, 0.25) is 0 Å². The Bertz CT molecular complexity index is 1240. The topological polar surface area (TPSA) is 110 Å². The second-order valence-electron chi connectivity index (χ2n) is 7.64. The largest absolute Gasteiger partial charge is 0.384 e. The van der Waals surface area contributed by atoms with Crippen LogP contribution in [0.25, 0.3) is 16.8 Å². The van der Waals surface area contributed by atoms with Crippen molar-refractivity contribution >= 4 is 11.5 Å². The lowest BCUT2D eigenvalue weighted by molar-refractivity contribution is 0.455. The number of hydrogen-bond donors (Lipinski definition) is 2. The second-order valence-corrected chi connectivity index (χ2v) is 7.64. The van der Waals surface area contributed by atoms with Gasteiger partial charge in [0.1, 0.15) is 5.82 Å². The number of aromatic nitrogens is 5. The first kappa shape index (κ1) is 18.3. The number of anilines is 1. The third-order valence-corrected chi connectivity index (χ3v) is 5.65. The minimum absolute atomic E-state index is 0.360. The Morgan fingerprint density at radius 1 is 1.23 bits per heavy atom. The van der Waals surface area contributed by atoms with Crippen molar-refractivity contribution in [2.45, 2.75) is 25.3 Å². The maximum absolute atomic E-state index is 9.31. The minimum atomic E-state index is 0.360. The summed E-state index contributed by atoms with van der Waals surface area (Å²) >= 11 is 0. The highest BCUT2D eigenvalue weighted by Gasteiger charge is 2.20. The van der Waals surface area contributed by atoms with Crippen LogP contribution in [0.15, 0.2) is 48.9 Å². The third kappa shape index (κ3) is 3.29. The highest BCUT2D eigenvalue weighted by molar-refractivity contribution is 5.77. The van der Waals surface area contributed by atoms with E-state index in [4.69, 9.17) is 10.7 Å². The Kier molecular flexibility index (Phi) is 4.65. The Morgan fingerprint density at radius 2 is 2.13 bits per heavy atom. The number of hydrogen-bond acceptors (Lipinski definition) is 6. The van der Waals surface area contributed by atoms with E-state index >= 15 is 0 Å². The van der Waals surface area contributed by atoms with Gasteiger partial charge in [0.2, 0.25) is 0 Å². The molecular formula is C22H22N8. The average molecular weight is 398 g/mol. The van der Waals surface area contributed by atoms with Crippen molar-refractivity contribution in [1.82, 2.24) is 29.7 Å². The summed E-state index contributed by atoms with van der Waals surface area (Å²) in [5.74, 6) is 0.946. The van der Waals surface area contributed by atoms with Crippen molar-refractivity contribution in [3.05, 3.63) is 65.7 Å². The number of benzene rings is 1. The molecule has 0 amide bonds. The summed E-state index contributed by atoms with van der Waals surface area (Å²) in [5.41, 5.74) is 11.4. The smallest absolute Gasteiger partial charge is 0.165 e. The number of nitrogens with one attached hydrogen (secondary N) is 1. The molecule has 0 bridgehead atoms. The molecule has 0 saturated carbocycles. The van der Waals surface area contributed by atoms with Crippen LogP contribution in [-0.4, -0.2) is 37.5 Å². The van der Waals surface area contributed by atoms with Crippen molar-refractivity contribution in [3.63, 3.8) is 0 Å². The van der Waals surface area contributed by atoms with E-state index in [1.165, 1.54) is 0 Å². The number of nitrogens with zero attached hydrogens (tertiary/aromatic N) is 6. The Hall–Kier alpha value is -3.70. The third-order valence-electron chi connectivity index (χ3n) is 5.65. The van der Waals surface area contributed by atoms with Gasteiger partial charge in [0.25, 0.3) is 0 Å². The molecule has 4 heterocycles. The quantitative estimate of drug-likeness (QED) is 0.547. The molecule has 1 unspecified atom stereocenters. The Balaban J connectivity index is 1.49. The van der Waals surface area contributed by atoms with Crippen LogP contribution in [-0.2, 0) is 6.54 Å². The molecule has 30 heavy (non-hydrogen) atoms. The van der Waals surface area contributed by atoms with E-state index < -0.39 is 0 Å². The summed E-state index contributed by atoms with van der Waals surface area (Å²) in [4.78, 5) is 4.92. The fourth-order valence-corrected chi connectivity index (χ4v) is 4.05. The Labute approximate surface area is 174 Å². The van der Waals surface area contributed by atoms with Crippen molar-refractivity contribution in [1.29, 1.82) is 5.26 Å². The van der Waals surface area contributed by atoms with Crippen LogP contribution >= 0.6 is 0 Å². The Morgan fingerprint density at radius 3 is 2.97 bits per heavy atom. The molecule has 150 valence electrons. The van der Waals surface area contributed by atoms with E-state index in [0.717, 1.165) is 54.0 Å². The molecule has 1 saturated heterocycles. The molecule has 0 radical (unpaired) electrons. The van der Waals surface area contributed by atoms with Crippen molar-refractivity contribution < 1.29 is 0 Å². The van der Waals surface area contributed by atoms with E-state index in [0.29, 0.717) is 23.8 Å². The lowest BCUT2D eigenvalue weighted by atomic mass is 9.96. The first-order valence-electron chi connectivity index (χ1n) is 10.1. The fraction of sp³-hybridized carbons (Fsp3) is 0.273. The second kappa shape index (κ2) is 7.61. The summed E-state index contributed by atoms with van der Waals surface area (Å²) in [6, 6.07) is 11.7. The summed E-state index contributed by atoms with van der Waals surface area (Å²) < 4.78 is 3.50. The van der Waals surface area contributed by atoms with Gasteiger partial charge < -0.3 is 11.1 Å². The monoisotopic (exact) mass is 398 g/mol. The van der Waals surface area contributed by atoms with Crippen LogP contribution in [0.3, 0.4) is 0 Å². The molecule has 8 nitrogen and oxygen atoms in total. The van der Waals surface area contributed by atoms with Gasteiger partial charge >= 0.3 is 0 Å². The predicted molar refractivity (Wildman–Crippen MR) is 114 cm³/mol. The van der Waals surface area contributed by atoms with Gasteiger partial charge in [0.05, 0.1) is 36.3 Å². The molecule has 1 aromatic carbocycles. The van der Waals surface area contributed by atoms with Gasteiger partial charge in [-0.3, -0.25) is 4.68 Å². The predicted octanol–water partition coefficient (Wildman–Crippen LogP) is 2.56. The summed E-state index contributed by atoms with van der Waals surface area (Å²) in [6.45, 7) is 2.50. The molecule has 0 spiro atoms. The van der Waals surface area contributed by atoms with Gasteiger partial charge in [-0.25, -0.2) is 4.98 Å². The van der Waals surface area contributed by atoms with Crippen molar-refractivity contribution in [3.8, 4) is 17.2 Å². The van der Waals surface area contributed by atoms with Crippen LogP contribution in [0.4, 0.5) is 5.82 Å². The maximum atomic E-state index is 9.31. The van der Waals surface area contributed by atoms with E-state index in [2.05, 4.69) is 21.6 Å². The molecule has 1 atom stereocenters. The summed E-state index contributed by atoms with van der Waals surface area (Å²) in [5, 5.41) is 21.7. The van der Waals surface area contributed by atoms with E-state index in [-0.39, 0.29) is 0 Å².